The Kier molecular flexibility index (Phi) is 4.17. The van der Waals surface area contributed by atoms with Crippen LogP contribution in [0.2, 0.25) is 0 Å². The highest BCUT2D eigenvalue weighted by molar-refractivity contribution is 7.13. The van der Waals surface area contributed by atoms with Crippen molar-refractivity contribution in [3.05, 3.63) is 53.6 Å². The number of H-pyrrole nitrogens is 1. The molecule has 0 spiro atoms. The number of nitrogens with zero attached hydrogens (tertiary/aromatic N) is 4. The van der Waals surface area contributed by atoms with Crippen LogP contribution in [0.25, 0.3) is 10.6 Å². The molecule has 23 heavy (non-hydrogen) atoms. The molecule has 0 aromatic carbocycles. The van der Waals surface area contributed by atoms with E-state index in [0.717, 1.165) is 43.9 Å². The Morgan fingerprint density at radius 2 is 2.13 bits per heavy atom. The van der Waals surface area contributed by atoms with Crippen molar-refractivity contribution >= 4 is 11.3 Å². The molecule has 3 aromatic heterocycles. The molecule has 1 aliphatic heterocycles. The van der Waals surface area contributed by atoms with Crippen LogP contribution in [0.1, 0.15) is 30.0 Å². The van der Waals surface area contributed by atoms with Gasteiger partial charge in [0.15, 0.2) is 0 Å². The van der Waals surface area contributed by atoms with E-state index in [-0.39, 0.29) is 0 Å². The van der Waals surface area contributed by atoms with E-state index < -0.39 is 0 Å². The molecule has 0 unspecified atom stereocenters. The lowest BCUT2D eigenvalue weighted by Crippen LogP contribution is -2.32. The molecule has 4 heterocycles. The number of piperidine rings is 1. The Morgan fingerprint density at radius 3 is 2.87 bits per heavy atom. The molecule has 0 amide bonds. The summed E-state index contributed by atoms with van der Waals surface area (Å²) < 4.78 is 0. The van der Waals surface area contributed by atoms with E-state index in [9.17, 15) is 0 Å². The number of nitrogens with one attached hydrogen (secondary N) is 1. The van der Waals surface area contributed by atoms with Gasteiger partial charge in [-0.1, -0.05) is 6.07 Å². The molecular formula is C17H19N5S. The maximum atomic E-state index is 4.46. The highest BCUT2D eigenvalue weighted by atomic mass is 32.1. The minimum atomic E-state index is 0.543. The first-order valence-corrected chi connectivity index (χ1v) is 8.82. The lowest BCUT2D eigenvalue weighted by Gasteiger charge is -2.31. The number of hydrogen-bond acceptors (Lipinski definition) is 5. The first-order valence-electron chi connectivity index (χ1n) is 7.94. The van der Waals surface area contributed by atoms with Crippen molar-refractivity contribution in [2.24, 2.45) is 0 Å². The smallest absolute Gasteiger partial charge is 0.0794 e. The molecule has 0 saturated carbocycles. The van der Waals surface area contributed by atoms with Crippen LogP contribution in [0.4, 0.5) is 0 Å². The van der Waals surface area contributed by atoms with E-state index in [1.54, 1.807) is 23.7 Å². The standard InChI is InChI=1S/C17H19N5S/c1-2-16(23-9-1)17-14(10-20-21-17)12-22-7-3-13(4-8-22)15-11-18-5-6-19-15/h1-2,5-6,9-11,13H,3-4,7-8,12H2,(H,20,21). The number of aromatic amines is 1. The van der Waals surface area contributed by atoms with Crippen molar-refractivity contribution < 1.29 is 0 Å². The molecule has 0 radical (unpaired) electrons. The van der Waals surface area contributed by atoms with Gasteiger partial charge in [0.1, 0.15) is 0 Å². The highest BCUT2D eigenvalue weighted by Crippen LogP contribution is 2.30. The molecule has 0 aliphatic carbocycles. The Balaban J connectivity index is 1.40. The molecule has 1 N–H and O–H groups in total. The Hall–Kier alpha value is -2.05. The lowest BCUT2D eigenvalue weighted by atomic mass is 9.93. The minimum Gasteiger partial charge on any atom is -0.299 e. The van der Waals surface area contributed by atoms with Gasteiger partial charge >= 0.3 is 0 Å². The number of likely N-dealkylation sites (tertiary alicyclic amines) is 1. The van der Waals surface area contributed by atoms with Crippen LogP contribution < -0.4 is 0 Å². The minimum absolute atomic E-state index is 0.543. The van der Waals surface area contributed by atoms with Crippen LogP contribution in [0.3, 0.4) is 0 Å². The van der Waals surface area contributed by atoms with Crippen molar-refractivity contribution in [3.63, 3.8) is 0 Å². The summed E-state index contributed by atoms with van der Waals surface area (Å²) in [6, 6.07) is 4.22. The molecular weight excluding hydrogens is 306 g/mol. The Bertz CT molecular complexity index is 729. The van der Waals surface area contributed by atoms with Gasteiger partial charge in [0.25, 0.3) is 0 Å². The van der Waals surface area contributed by atoms with E-state index in [1.165, 1.54) is 10.4 Å². The van der Waals surface area contributed by atoms with Gasteiger partial charge in [-0.15, -0.1) is 11.3 Å². The molecule has 1 saturated heterocycles. The molecule has 6 heteroatoms. The Labute approximate surface area is 139 Å². The third-order valence-corrected chi connectivity index (χ3v) is 5.36. The number of rotatable bonds is 4. The first kappa shape index (κ1) is 14.5. The summed E-state index contributed by atoms with van der Waals surface area (Å²) in [7, 11) is 0. The maximum Gasteiger partial charge on any atom is 0.0794 e. The van der Waals surface area contributed by atoms with Gasteiger partial charge in [-0.25, -0.2) is 0 Å². The van der Waals surface area contributed by atoms with Crippen molar-refractivity contribution in [2.45, 2.75) is 25.3 Å². The third kappa shape index (κ3) is 3.18. The highest BCUT2D eigenvalue weighted by Gasteiger charge is 2.22. The number of hydrogen-bond donors (Lipinski definition) is 1. The van der Waals surface area contributed by atoms with Crippen LogP contribution in [-0.4, -0.2) is 38.2 Å². The number of thiophene rings is 1. The largest absolute Gasteiger partial charge is 0.299 e. The molecule has 0 atom stereocenters. The second kappa shape index (κ2) is 6.60. The second-order valence-corrected chi connectivity index (χ2v) is 6.88. The van der Waals surface area contributed by atoms with E-state index >= 15 is 0 Å². The van der Waals surface area contributed by atoms with Gasteiger partial charge < -0.3 is 0 Å². The molecule has 1 fully saturated rings. The van der Waals surface area contributed by atoms with Gasteiger partial charge in [-0.2, -0.15) is 5.10 Å². The fourth-order valence-corrected chi connectivity index (χ4v) is 3.97. The molecule has 3 aromatic rings. The van der Waals surface area contributed by atoms with E-state index in [1.807, 2.05) is 12.4 Å². The van der Waals surface area contributed by atoms with Crippen LogP contribution in [0.15, 0.2) is 42.3 Å². The van der Waals surface area contributed by atoms with Gasteiger partial charge in [-0.3, -0.25) is 20.0 Å². The van der Waals surface area contributed by atoms with E-state index in [0.29, 0.717) is 5.92 Å². The van der Waals surface area contributed by atoms with Gasteiger partial charge in [0.05, 0.1) is 22.5 Å². The predicted octanol–water partition coefficient (Wildman–Crippen LogP) is 3.31. The van der Waals surface area contributed by atoms with Crippen molar-refractivity contribution in [3.8, 4) is 10.6 Å². The van der Waals surface area contributed by atoms with Crippen LogP contribution in [-0.2, 0) is 6.54 Å². The molecule has 5 nitrogen and oxygen atoms in total. The summed E-state index contributed by atoms with van der Waals surface area (Å²) in [6.07, 6.45) is 9.69. The average Bonchev–Trinajstić information content (AvgIpc) is 3.27. The van der Waals surface area contributed by atoms with Crippen LogP contribution >= 0.6 is 11.3 Å². The molecule has 118 valence electrons. The van der Waals surface area contributed by atoms with E-state index in [4.69, 9.17) is 0 Å². The predicted molar refractivity (Wildman–Crippen MR) is 91.2 cm³/mol. The summed E-state index contributed by atoms with van der Waals surface area (Å²) in [5, 5.41) is 9.49. The monoisotopic (exact) mass is 325 g/mol. The quantitative estimate of drug-likeness (QED) is 0.799. The molecule has 4 rings (SSSR count). The van der Waals surface area contributed by atoms with Gasteiger partial charge in [-0.05, 0) is 37.4 Å². The van der Waals surface area contributed by atoms with Crippen LogP contribution in [0, 0.1) is 0 Å². The second-order valence-electron chi connectivity index (χ2n) is 5.93. The summed E-state index contributed by atoms with van der Waals surface area (Å²) >= 11 is 1.75. The van der Waals surface area contributed by atoms with E-state index in [2.05, 4.69) is 42.6 Å². The summed E-state index contributed by atoms with van der Waals surface area (Å²) in [4.78, 5) is 12.4. The first-order chi connectivity index (χ1) is 11.4. The Morgan fingerprint density at radius 1 is 1.22 bits per heavy atom. The van der Waals surface area contributed by atoms with Gasteiger partial charge in [0.2, 0.25) is 0 Å². The van der Waals surface area contributed by atoms with Crippen LogP contribution in [0.5, 0.6) is 0 Å². The molecule has 1 aliphatic rings. The fraction of sp³-hybridized carbons (Fsp3) is 0.353. The maximum absolute atomic E-state index is 4.46. The van der Waals surface area contributed by atoms with Gasteiger partial charge in [0, 0.05) is 36.6 Å². The van der Waals surface area contributed by atoms with Crippen molar-refractivity contribution in [1.82, 2.24) is 25.1 Å². The SMILES string of the molecule is c1csc(-c2[nH]ncc2CN2CCC(c3cnccn3)CC2)c1. The fourth-order valence-electron chi connectivity index (χ4n) is 3.21. The zero-order valence-corrected chi connectivity index (χ0v) is 13.7. The summed E-state index contributed by atoms with van der Waals surface area (Å²) in [5.41, 5.74) is 3.58. The molecule has 0 bridgehead atoms. The topological polar surface area (TPSA) is 57.7 Å². The van der Waals surface area contributed by atoms with Crippen molar-refractivity contribution in [2.75, 3.05) is 13.1 Å². The van der Waals surface area contributed by atoms with Crippen molar-refractivity contribution in [1.29, 1.82) is 0 Å². The third-order valence-electron chi connectivity index (χ3n) is 4.47. The zero-order chi connectivity index (χ0) is 15.5. The number of aromatic nitrogens is 4. The lowest BCUT2D eigenvalue weighted by molar-refractivity contribution is 0.203. The average molecular weight is 325 g/mol. The zero-order valence-electron chi connectivity index (χ0n) is 12.9. The summed E-state index contributed by atoms with van der Waals surface area (Å²) in [6.45, 7) is 3.14. The summed E-state index contributed by atoms with van der Waals surface area (Å²) in [5.74, 6) is 0.543. The normalized spacial score (nSPS) is 16.7.